The minimum atomic E-state index is 0.390. The molecule has 0 saturated heterocycles. The summed E-state index contributed by atoms with van der Waals surface area (Å²) < 4.78 is 10.6. The van der Waals surface area contributed by atoms with Gasteiger partial charge in [0.05, 0.1) is 6.61 Å². The Bertz CT molecular complexity index is 492. The van der Waals surface area contributed by atoms with Crippen LogP contribution in [-0.4, -0.2) is 11.8 Å². The highest BCUT2D eigenvalue weighted by Gasteiger charge is 2.07. The van der Waals surface area contributed by atoms with Crippen LogP contribution < -0.4 is 10.5 Å². The van der Waals surface area contributed by atoms with E-state index in [9.17, 15) is 0 Å². The first-order valence-corrected chi connectivity index (χ1v) is 5.16. The molecule has 0 aliphatic heterocycles. The van der Waals surface area contributed by atoms with E-state index in [0.717, 1.165) is 16.9 Å². The summed E-state index contributed by atoms with van der Waals surface area (Å²) in [5.41, 5.74) is 7.52. The zero-order valence-corrected chi connectivity index (χ0v) is 9.36. The van der Waals surface area contributed by atoms with Crippen molar-refractivity contribution in [3.05, 3.63) is 29.8 Å². The van der Waals surface area contributed by atoms with E-state index >= 15 is 0 Å². The number of aromatic nitrogens is 1. The first kappa shape index (κ1) is 10.5. The van der Waals surface area contributed by atoms with E-state index in [-0.39, 0.29) is 0 Å². The summed E-state index contributed by atoms with van der Waals surface area (Å²) in [4.78, 5) is 0. The normalized spacial score (nSPS) is 10.4. The number of hydrogen-bond donors (Lipinski definition) is 1. The molecule has 0 saturated carbocycles. The van der Waals surface area contributed by atoms with Crippen LogP contribution in [0.25, 0.3) is 11.3 Å². The van der Waals surface area contributed by atoms with Gasteiger partial charge in [0.25, 0.3) is 0 Å². The van der Waals surface area contributed by atoms with Crippen LogP contribution in [0.2, 0.25) is 0 Å². The molecule has 1 aromatic heterocycles. The lowest BCUT2D eigenvalue weighted by molar-refractivity contribution is 0.338. The summed E-state index contributed by atoms with van der Waals surface area (Å²) in [6, 6.07) is 7.55. The molecule has 0 aliphatic rings. The topological polar surface area (TPSA) is 61.3 Å². The fourth-order valence-electron chi connectivity index (χ4n) is 1.55. The molecule has 0 aliphatic carbocycles. The maximum absolute atomic E-state index is 5.50. The maximum Gasteiger partial charge on any atom is 0.169 e. The molecular weight excluding hydrogens is 204 g/mol. The second-order valence-corrected chi connectivity index (χ2v) is 3.53. The zero-order chi connectivity index (χ0) is 11.5. The van der Waals surface area contributed by atoms with Crippen molar-refractivity contribution in [2.24, 2.45) is 0 Å². The lowest BCUT2D eigenvalue weighted by Gasteiger charge is -2.07. The Balaban J connectivity index is 2.34. The van der Waals surface area contributed by atoms with Gasteiger partial charge in [0, 0.05) is 11.6 Å². The number of hydrogen-bond acceptors (Lipinski definition) is 4. The third kappa shape index (κ3) is 2.00. The van der Waals surface area contributed by atoms with Gasteiger partial charge in [0.15, 0.2) is 11.6 Å². The molecule has 2 N–H and O–H groups in total. The van der Waals surface area contributed by atoms with Crippen LogP contribution in [-0.2, 0) is 0 Å². The van der Waals surface area contributed by atoms with Crippen molar-refractivity contribution in [2.45, 2.75) is 13.8 Å². The molecule has 4 heteroatoms. The third-order valence-corrected chi connectivity index (χ3v) is 2.29. The van der Waals surface area contributed by atoms with Crippen molar-refractivity contribution < 1.29 is 9.26 Å². The molecule has 1 aromatic carbocycles. The van der Waals surface area contributed by atoms with Gasteiger partial charge in [0.1, 0.15) is 5.75 Å². The highest BCUT2D eigenvalue weighted by molar-refractivity contribution is 5.62. The molecule has 0 amide bonds. The predicted octanol–water partition coefficient (Wildman–Crippen LogP) is 2.63. The Morgan fingerprint density at radius 2 is 2.19 bits per heavy atom. The monoisotopic (exact) mass is 218 g/mol. The van der Waals surface area contributed by atoms with Crippen LogP contribution in [0.15, 0.2) is 28.8 Å². The molecule has 16 heavy (non-hydrogen) atoms. The lowest BCUT2D eigenvalue weighted by Crippen LogP contribution is -1.93. The number of nitrogen functional groups attached to an aromatic ring is 1. The van der Waals surface area contributed by atoms with Crippen LogP contribution in [0, 0.1) is 6.92 Å². The van der Waals surface area contributed by atoms with E-state index in [2.05, 4.69) is 5.16 Å². The highest BCUT2D eigenvalue weighted by atomic mass is 16.5. The summed E-state index contributed by atoms with van der Waals surface area (Å²) >= 11 is 0. The summed E-state index contributed by atoms with van der Waals surface area (Å²) in [6.07, 6.45) is 0. The Kier molecular flexibility index (Phi) is 2.81. The summed E-state index contributed by atoms with van der Waals surface area (Å²) in [6.45, 7) is 4.62. The van der Waals surface area contributed by atoms with Crippen LogP contribution in [0.4, 0.5) is 5.82 Å². The average Bonchev–Trinajstić information content (AvgIpc) is 2.68. The number of nitrogens with zero attached hydrogens (tertiary/aromatic N) is 1. The molecule has 0 atom stereocenters. The molecule has 4 nitrogen and oxygen atoms in total. The Labute approximate surface area is 94.0 Å². The molecular formula is C12H14N2O2. The molecule has 0 fully saturated rings. The molecule has 0 bridgehead atoms. The van der Waals surface area contributed by atoms with Crippen molar-refractivity contribution in [1.82, 2.24) is 5.16 Å². The summed E-state index contributed by atoms with van der Waals surface area (Å²) in [5.74, 6) is 1.95. The fourth-order valence-corrected chi connectivity index (χ4v) is 1.55. The van der Waals surface area contributed by atoms with Crippen molar-refractivity contribution in [3.63, 3.8) is 0 Å². The SMILES string of the molecule is CCOc1ccc(-c2cc(N)no2)cc1C. The van der Waals surface area contributed by atoms with E-state index < -0.39 is 0 Å². The van der Waals surface area contributed by atoms with Crippen molar-refractivity contribution in [3.8, 4) is 17.1 Å². The van der Waals surface area contributed by atoms with Gasteiger partial charge in [-0.05, 0) is 37.6 Å². The Morgan fingerprint density at radius 1 is 1.38 bits per heavy atom. The first-order chi connectivity index (χ1) is 7.70. The third-order valence-electron chi connectivity index (χ3n) is 2.29. The number of aryl methyl sites for hydroxylation is 1. The van der Waals surface area contributed by atoms with E-state index in [1.165, 1.54) is 0 Å². The molecule has 2 rings (SSSR count). The van der Waals surface area contributed by atoms with E-state index in [1.807, 2.05) is 32.0 Å². The van der Waals surface area contributed by atoms with Crippen molar-refractivity contribution in [1.29, 1.82) is 0 Å². The second-order valence-electron chi connectivity index (χ2n) is 3.53. The number of anilines is 1. The van der Waals surface area contributed by atoms with E-state index in [4.69, 9.17) is 15.0 Å². The number of ether oxygens (including phenoxy) is 1. The lowest BCUT2D eigenvalue weighted by atomic mass is 10.1. The van der Waals surface area contributed by atoms with E-state index in [1.54, 1.807) is 6.07 Å². The molecule has 1 heterocycles. The van der Waals surface area contributed by atoms with Gasteiger partial charge in [-0.2, -0.15) is 0 Å². The minimum Gasteiger partial charge on any atom is -0.494 e. The quantitative estimate of drug-likeness (QED) is 0.860. The summed E-state index contributed by atoms with van der Waals surface area (Å²) in [5, 5.41) is 3.65. The number of nitrogens with two attached hydrogens (primary N) is 1. The highest BCUT2D eigenvalue weighted by Crippen LogP contribution is 2.27. The zero-order valence-electron chi connectivity index (χ0n) is 9.36. The standard InChI is InChI=1S/C12H14N2O2/c1-3-15-10-5-4-9(6-8(10)2)11-7-12(13)14-16-11/h4-7H,3H2,1-2H3,(H2,13,14). The predicted molar refractivity (Wildman–Crippen MR) is 62.3 cm³/mol. The Morgan fingerprint density at radius 3 is 2.75 bits per heavy atom. The van der Waals surface area contributed by atoms with Crippen LogP contribution in [0.3, 0.4) is 0 Å². The molecule has 0 radical (unpaired) electrons. The largest absolute Gasteiger partial charge is 0.494 e. The van der Waals surface area contributed by atoms with Gasteiger partial charge in [-0.15, -0.1) is 0 Å². The molecule has 0 unspecified atom stereocenters. The maximum atomic E-state index is 5.50. The molecule has 2 aromatic rings. The van der Waals surface area contributed by atoms with E-state index in [0.29, 0.717) is 18.2 Å². The van der Waals surface area contributed by atoms with Gasteiger partial charge in [-0.1, -0.05) is 5.16 Å². The number of benzene rings is 1. The second kappa shape index (κ2) is 4.26. The first-order valence-electron chi connectivity index (χ1n) is 5.16. The van der Waals surface area contributed by atoms with Crippen LogP contribution in [0.1, 0.15) is 12.5 Å². The number of rotatable bonds is 3. The van der Waals surface area contributed by atoms with Crippen molar-refractivity contribution >= 4 is 5.82 Å². The fraction of sp³-hybridized carbons (Fsp3) is 0.250. The average molecular weight is 218 g/mol. The summed E-state index contributed by atoms with van der Waals surface area (Å²) in [7, 11) is 0. The van der Waals surface area contributed by atoms with Gasteiger partial charge < -0.3 is 15.0 Å². The molecule has 0 spiro atoms. The van der Waals surface area contributed by atoms with Gasteiger partial charge in [-0.3, -0.25) is 0 Å². The minimum absolute atomic E-state index is 0.390. The van der Waals surface area contributed by atoms with Crippen LogP contribution >= 0.6 is 0 Å². The molecule has 84 valence electrons. The van der Waals surface area contributed by atoms with Crippen LogP contribution in [0.5, 0.6) is 5.75 Å². The van der Waals surface area contributed by atoms with Gasteiger partial charge in [0.2, 0.25) is 0 Å². The smallest absolute Gasteiger partial charge is 0.169 e. The van der Waals surface area contributed by atoms with Crippen molar-refractivity contribution in [2.75, 3.05) is 12.3 Å². The van der Waals surface area contributed by atoms with Gasteiger partial charge >= 0.3 is 0 Å². The van der Waals surface area contributed by atoms with Gasteiger partial charge in [-0.25, -0.2) is 0 Å². The Hall–Kier alpha value is -1.97.